The van der Waals surface area contributed by atoms with Crippen molar-refractivity contribution in [2.24, 2.45) is 5.73 Å². The zero-order valence-corrected chi connectivity index (χ0v) is 15.5. The SMILES string of the molecule is COc1cc(C(=O)Nc2ccc(C(N)=O)cc2)c(Br)c(OC)c1OC. The maximum absolute atomic E-state index is 12.6. The maximum Gasteiger partial charge on any atom is 0.257 e. The molecule has 0 aliphatic carbocycles. The van der Waals surface area contributed by atoms with Crippen molar-refractivity contribution >= 4 is 33.4 Å². The van der Waals surface area contributed by atoms with Crippen LogP contribution in [0.25, 0.3) is 0 Å². The molecule has 0 saturated heterocycles. The van der Waals surface area contributed by atoms with E-state index in [0.717, 1.165) is 0 Å². The molecular weight excluding hydrogens is 392 g/mol. The van der Waals surface area contributed by atoms with Crippen LogP contribution in [0.1, 0.15) is 20.7 Å². The fourth-order valence-corrected chi connectivity index (χ4v) is 2.84. The maximum atomic E-state index is 12.6. The van der Waals surface area contributed by atoms with Crippen molar-refractivity contribution in [1.29, 1.82) is 0 Å². The number of amides is 2. The number of nitrogens with one attached hydrogen (secondary N) is 1. The lowest BCUT2D eigenvalue weighted by Gasteiger charge is -2.16. The fraction of sp³-hybridized carbons (Fsp3) is 0.176. The number of carbonyl (C=O) groups excluding carboxylic acids is 2. The second kappa shape index (κ2) is 7.89. The molecular formula is C17H17BrN2O5. The molecule has 0 atom stereocenters. The van der Waals surface area contributed by atoms with E-state index in [9.17, 15) is 9.59 Å². The third-order valence-corrected chi connectivity index (χ3v) is 4.23. The molecule has 0 aliphatic rings. The van der Waals surface area contributed by atoms with Crippen LogP contribution in [0.15, 0.2) is 34.8 Å². The van der Waals surface area contributed by atoms with Crippen molar-refractivity contribution in [2.75, 3.05) is 26.6 Å². The third kappa shape index (κ3) is 3.85. The number of halogens is 1. The molecule has 25 heavy (non-hydrogen) atoms. The number of hydrogen-bond donors (Lipinski definition) is 2. The molecule has 7 nitrogen and oxygen atoms in total. The van der Waals surface area contributed by atoms with Crippen LogP contribution >= 0.6 is 15.9 Å². The van der Waals surface area contributed by atoms with E-state index in [1.54, 1.807) is 18.2 Å². The molecule has 0 bridgehead atoms. The second-order valence-electron chi connectivity index (χ2n) is 4.90. The molecule has 2 amide bonds. The van der Waals surface area contributed by atoms with E-state index in [1.807, 2.05) is 0 Å². The minimum Gasteiger partial charge on any atom is -0.493 e. The Balaban J connectivity index is 2.37. The summed E-state index contributed by atoms with van der Waals surface area (Å²) < 4.78 is 16.3. The Morgan fingerprint density at radius 3 is 2.08 bits per heavy atom. The van der Waals surface area contributed by atoms with Gasteiger partial charge in [0.05, 0.1) is 31.4 Å². The number of carbonyl (C=O) groups is 2. The lowest BCUT2D eigenvalue weighted by atomic mass is 10.1. The molecule has 0 radical (unpaired) electrons. The summed E-state index contributed by atoms with van der Waals surface area (Å²) in [5, 5.41) is 2.73. The monoisotopic (exact) mass is 408 g/mol. The van der Waals surface area contributed by atoms with E-state index in [-0.39, 0.29) is 0 Å². The second-order valence-corrected chi connectivity index (χ2v) is 5.70. The van der Waals surface area contributed by atoms with Gasteiger partial charge in [-0.05, 0) is 46.3 Å². The van der Waals surface area contributed by atoms with Gasteiger partial charge >= 0.3 is 0 Å². The number of rotatable bonds is 6. The molecule has 0 heterocycles. The van der Waals surface area contributed by atoms with Crippen molar-refractivity contribution < 1.29 is 23.8 Å². The zero-order valence-electron chi connectivity index (χ0n) is 13.9. The molecule has 0 aromatic heterocycles. The van der Waals surface area contributed by atoms with Crippen LogP contribution in [0.4, 0.5) is 5.69 Å². The minimum absolute atomic E-state index is 0.300. The summed E-state index contributed by atoms with van der Waals surface area (Å²) in [5.74, 6) is 0.148. The Bertz CT molecular complexity index is 806. The van der Waals surface area contributed by atoms with E-state index >= 15 is 0 Å². The van der Waals surface area contributed by atoms with Gasteiger partial charge in [0.15, 0.2) is 11.5 Å². The summed E-state index contributed by atoms with van der Waals surface area (Å²) in [6.07, 6.45) is 0. The van der Waals surface area contributed by atoms with Gasteiger partial charge in [0.1, 0.15) is 0 Å². The molecule has 2 aromatic carbocycles. The number of primary amides is 1. The molecule has 2 rings (SSSR count). The van der Waals surface area contributed by atoms with Gasteiger partial charge in [0.2, 0.25) is 11.7 Å². The summed E-state index contributed by atoms with van der Waals surface area (Å²) in [7, 11) is 4.41. The Labute approximate surface area is 153 Å². The number of anilines is 1. The number of nitrogens with two attached hydrogens (primary N) is 1. The average molecular weight is 409 g/mol. The average Bonchev–Trinajstić information content (AvgIpc) is 2.61. The van der Waals surface area contributed by atoms with Crippen molar-refractivity contribution in [2.45, 2.75) is 0 Å². The summed E-state index contributed by atoms with van der Waals surface area (Å²) in [6, 6.07) is 7.77. The van der Waals surface area contributed by atoms with Gasteiger partial charge in [0.25, 0.3) is 5.91 Å². The first kappa shape index (κ1) is 18.6. The van der Waals surface area contributed by atoms with E-state index in [4.69, 9.17) is 19.9 Å². The lowest BCUT2D eigenvalue weighted by molar-refractivity contribution is 0.0998. The molecule has 0 saturated carbocycles. The Morgan fingerprint density at radius 1 is 1.00 bits per heavy atom. The predicted molar refractivity (Wildman–Crippen MR) is 96.7 cm³/mol. The summed E-state index contributed by atoms with van der Waals surface area (Å²) in [4.78, 5) is 23.7. The normalized spacial score (nSPS) is 10.1. The first-order valence-electron chi connectivity index (χ1n) is 7.12. The molecule has 2 aromatic rings. The molecule has 0 spiro atoms. The van der Waals surface area contributed by atoms with Crippen LogP contribution in [0.3, 0.4) is 0 Å². The van der Waals surface area contributed by atoms with Crippen molar-refractivity contribution in [3.63, 3.8) is 0 Å². The highest BCUT2D eigenvalue weighted by Gasteiger charge is 2.23. The Kier molecular flexibility index (Phi) is 5.87. The molecule has 0 unspecified atom stereocenters. The lowest BCUT2D eigenvalue weighted by Crippen LogP contribution is -2.14. The highest BCUT2D eigenvalue weighted by atomic mass is 79.9. The van der Waals surface area contributed by atoms with Crippen molar-refractivity contribution in [3.8, 4) is 17.2 Å². The minimum atomic E-state index is -0.537. The van der Waals surface area contributed by atoms with Crippen LogP contribution in [-0.2, 0) is 0 Å². The number of benzene rings is 2. The highest BCUT2D eigenvalue weighted by Crippen LogP contribution is 2.44. The third-order valence-electron chi connectivity index (χ3n) is 3.44. The van der Waals surface area contributed by atoms with Crippen LogP contribution in [0.5, 0.6) is 17.2 Å². The largest absolute Gasteiger partial charge is 0.493 e. The van der Waals surface area contributed by atoms with Crippen LogP contribution in [0, 0.1) is 0 Å². The van der Waals surface area contributed by atoms with Crippen LogP contribution in [0.2, 0.25) is 0 Å². The van der Waals surface area contributed by atoms with E-state index in [2.05, 4.69) is 21.2 Å². The van der Waals surface area contributed by atoms with Gasteiger partial charge in [-0.2, -0.15) is 0 Å². The first-order chi connectivity index (χ1) is 11.9. The van der Waals surface area contributed by atoms with Crippen molar-refractivity contribution in [1.82, 2.24) is 0 Å². The highest BCUT2D eigenvalue weighted by molar-refractivity contribution is 9.10. The zero-order chi connectivity index (χ0) is 18.6. The molecule has 3 N–H and O–H groups in total. The van der Waals surface area contributed by atoms with Crippen molar-refractivity contribution in [3.05, 3.63) is 45.9 Å². The van der Waals surface area contributed by atoms with E-state index in [0.29, 0.717) is 38.5 Å². The van der Waals surface area contributed by atoms with Gasteiger partial charge < -0.3 is 25.3 Å². The Morgan fingerprint density at radius 2 is 1.60 bits per heavy atom. The smallest absolute Gasteiger partial charge is 0.257 e. The molecule has 0 fully saturated rings. The summed E-state index contributed by atoms with van der Waals surface area (Å²) in [5.41, 5.74) is 6.36. The van der Waals surface area contributed by atoms with Gasteiger partial charge in [-0.3, -0.25) is 9.59 Å². The fourth-order valence-electron chi connectivity index (χ4n) is 2.20. The number of ether oxygens (including phenoxy) is 3. The van der Waals surface area contributed by atoms with Crippen LogP contribution < -0.4 is 25.3 Å². The van der Waals surface area contributed by atoms with Gasteiger partial charge in [-0.25, -0.2) is 0 Å². The number of methoxy groups -OCH3 is 3. The molecule has 8 heteroatoms. The predicted octanol–water partition coefficient (Wildman–Crippen LogP) is 2.83. The van der Waals surface area contributed by atoms with Gasteiger partial charge in [-0.1, -0.05) is 0 Å². The topological polar surface area (TPSA) is 99.9 Å². The number of hydrogen-bond acceptors (Lipinski definition) is 5. The summed E-state index contributed by atoms with van der Waals surface area (Å²) in [6.45, 7) is 0. The van der Waals surface area contributed by atoms with Gasteiger partial charge in [0, 0.05) is 11.3 Å². The standard InChI is InChI=1S/C17H17BrN2O5/c1-23-12-8-11(13(18)15(25-3)14(12)24-2)17(22)20-10-6-4-9(5-7-10)16(19)21/h4-8H,1-3H3,(H2,19,21)(H,20,22). The summed E-state index contributed by atoms with van der Waals surface area (Å²) >= 11 is 3.36. The first-order valence-corrected chi connectivity index (χ1v) is 7.91. The van der Waals surface area contributed by atoms with Gasteiger partial charge in [-0.15, -0.1) is 0 Å². The van der Waals surface area contributed by atoms with E-state index < -0.39 is 11.8 Å². The molecule has 132 valence electrons. The van der Waals surface area contributed by atoms with E-state index in [1.165, 1.54) is 33.5 Å². The van der Waals surface area contributed by atoms with Crippen LogP contribution in [-0.4, -0.2) is 33.1 Å². The quantitative estimate of drug-likeness (QED) is 0.765. The molecule has 0 aliphatic heterocycles. The Hall–Kier alpha value is -2.74.